The molecule has 0 spiro atoms. The van der Waals surface area contributed by atoms with E-state index in [-0.39, 0.29) is 5.97 Å². The van der Waals surface area contributed by atoms with Crippen molar-refractivity contribution in [1.82, 2.24) is 0 Å². The monoisotopic (exact) mass is 340 g/mol. The normalized spacial score (nSPS) is 10.2. The molecule has 0 atom stereocenters. The minimum atomic E-state index is -0.241. The smallest absolute Gasteiger partial charge is 0.348 e. The van der Waals surface area contributed by atoms with Crippen LogP contribution in [0.25, 0.3) is 0 Å². The van der Waals surface area contributed by atoms with E-state index in [2.05, 4.69) is 38.8 Å². The molecule has 1 aromatic heterocycles. The topological polar surface area (TPSA) is 26.3 Å². The Morgan fingerprint density at radius 1 is 1.57 bits per heavy atom. The summed E-state index contributed by atoms with van der Waals surface area (Å²) in [7, 11) is 0. The molecular formula is C9H10Br2O2S. The van der Waals surface area contributed by atoms with Gasteiger partial charge in [-0.05, 0) is 44.3 Å². The number of rotatable bonds is 4. The van der Waals surface area contributed by atoms with E-state index in [4.69, 9.17) is 4.74 Å². The molecule has 0 N–H and O–H groups in total. The van der Waals surface area contributed by atoms with Gasteiger partial charge in [0.1, 0.15) is 4.88 Å². The standard InChI is InChI=1S/C9H10Br2O2S/c1-2-3-4-13-9(12)7-5-6(10)8(11)14-7/h5H,2-4H2,1H3. The summed E-state index contributed by atoms with van der Waals surface area (Å²) >= 11 is 8.03. The van der Waals surface area contributed by atoms with Crippen LogP contribution < -0.4 is 0 Å². The lowest BCUT2D eigenvalue weighted by molar-refractivity contribution is 0.0505. The summed E-state index contributed by atoms with van der Waals surface area (Å²) < 4.78 is 6.88. The van der Waals surface area contributed by atoms with Gasteiger partial charge in [0.25, 0.3) is 0 Å². The van der Waals surface area contributed by atoms with Crippen LogP contribution in [0.2, 0.25) is 0 Å². The van der Waals surface area contributed by atoms with Crippen molar-refractivity contribution >= 4 is 49.2 Å². The molecule has 1 heterocycles. The summed E-state index contributed by atoms with van der Waals surface area (Å²) in [6.45, 7) is 2.56. The van der Waals surface area contributed by atoms with Crippen LogP contribution in [0.15, 0.2) is 14.3 Å². The fourth-order valence-corrected chi connectivity index (χ4v) is 2.76. The molecule has 0 fully saturated rings. The number of halogens is 2. The van der Waals surface area contributed by atoms with Crippen LogP contribution in [0.1, 0.15) is 29.4 Å². The van der Waals surface area contributed by atoms with Gasteiger partial charge in [-0.1, -0.05) is 13.3 Å². The first-order valence-electron chi connectivity index (χ1n) is 4.27. The molecule has 0 aliphatic rings. The number of hydrogen-bond donors (Lipinski definition) is 0. The van der Waals surface area contributed by atoms with Gasteiger partial charge in [0.05, 0.1) is 10.4 Å². The molecule has 0 aromatic carbocycles. The Labute approximate surface area is 104 Å². The summed E-state index contributed by atoms with van der Waals surface area (Å²) in [5, 5.41) is 0. The molecule has 0 saturated carbocycles. The Morgan fingerprint density at radius 3 is 2.79 bits per heavy atom. The number of ether oxygens (including phenoxy) is 1. The van der Waals surface area contributed by atoms with Crippen molar-refractivity contribution in [3.05, 3.63) is 19.2 Å². The van der Waals surface area contributed by atoms with E-state index in [0.29, 0.717) is 11.5 Å². The zero-order valence-corrected chi connectivity index (χ0v) is 11.7. The van der Waals surface area contributed by atoms with Gasteiger partial charge in [-0.25, -0.2) is 4.79 Å². The van der Waals surface area contributed by atoms with Crippen molar-refractivity contribution in [1.29, 1.82) is 0 Å². The highest BCUT2D eigenvalue weighted by Crippen LogP contribution is 2.32. The number of unbranched alkanes of at least 4 members (excludes halogenated alkanes) is 1. The van der Waals surface area contributed by atoms with Crippen molar-refractivity contribution in [2.75, 3.05) is 6.61 Å². The summed E-state index contributed by atoms with van der Waals surface area (Å²) in [6.07, 6.45) is 1.95. The highest BCUT2D eigenvalue weighted by atomic mass is 79.9. The number of carbonyl (C=O) groups excluding carboxylic acids is 1. The summed E-state index contributed by atoms with van der Waals surface area (Å²) in [5.41, 5.74) is 0. The predicted octanol–water partition coefficient (Wildman–Crippen LogP) is 4.23. The highest BCUT2D eigenvalue weighted by Gasteiger charge is 2.12. The number of esters is 1. The minimum absolute atomic E-state index is 0.241. The van der Waals surface area contributed by atoms with E-state index in [1.807, 2.05) is 0 Å². The summed E-state index contributed by atoms with van der Waals surface area (Å²) in [6, 6.07) is 1.77. The van der Waals surface area contributed by atoms with Gasteiger partial charge in [0.2, 0.25) is 0 Å². The Morgan fingerprint density at radius 2 is 2.29 bits per heavy atom. The molecule has 0 amide bonds. The van der Waals surface area contributed by atoms with E-state index in [1.165, 1.54) is 11.3 Å². The van der Waals surface area contributed by atoms with Gasteiger partial charge in [-0.15, -0.1) is 11.3 Å². The SMILES string of the molecule is CCCCOC(=O)c1cc(Br)c(Br)s1. The van der Waals surface area contributed by atoms with Gasteiger partial charge in [-0.3, -0.25) is 0 Å². The van der Waals surface area contributed by atoms with Crippen LogP contribution >= 0.6 is 43.2 Å². The zero-order valence-electron chi connectivity index (χ0n) is 7.68. The molecular weight excluding hydrogens is 332 g/mol. The molecule has 14 heavy (non-hydrogen) atoms. The fraction of sp³-hybridized carbons (Fsp3) is 0.444. The largest absolute Gasteiger partial charge is 0.462 e. The van der Waals surface area contributed by atoms with E-state index >= 15 is 0 Å². The highest BCUT2D eigenvalue weighted by molar-refractivity contribution is 9.13. The fourth-order valence-electron chi connectivity index (χ4n) is 0.828. The molecule has 1 rings (SSSR count). The molecule has 78 valence electrons. The molecule has 0 unspecified atom stereocenters. The van der Waals surface area contributed by atoms with Crippen LogP contribution in [0.5, 0.6) is 0 Å². The molecule has 0 saturated heterocycles. The average molecular weight is 342 g/mol. The van der Waals surface area contributed by atoms with E-state index < -0.39 is 0 Å². The third-order valence-electron chi connectivity index (χ3n) is 1.58. The predicted molar refractivity (Wildman–Crippen MR) is 64.9 cm³/mol. The maximum Gasteiger partial charge on any atom is 0.348 e. The van der Waals surface area contributed by atoms with E-state index in [1.54, 1.807) is 6.07 Å². The Bertz CT molecular complexity index is 303. The van der Waals surface area contributed by atoms with Gasteiger partial charge >= 0.3 is 5.97 Å². The number of hydrogen-bond acceptors (Lipinski definition) is 3. The molecule has 1 aromatic rings. The lowest BCUT2D eigenvalue weighted by Crippen LogP contribution is -2.03. The molecule has 5 heteroatoms. The minimum Gasteiger partial charge on any atom is -0.462 e. The van der Waals surface area contributed by atoms with Crippen molar-refractivity contribution in [2.24, 2.45) is 0 Å². The van der Waals surface area contributed by atoms with Crippen LogP contribution in [-0.2, 0) is 4.74 Å². The quantitative estimate of drug-likeness (QED) is 0.605. The first kappa shape index (κ1) is 12.2. The van der Waals surface area contributed by atoms with Crippen LogP contribution in [0.4, 0.5) is 0 Å². The van der Waals surface area contributed by atoms with Gasteiger partial charge < -0.3 is 4.74 Å². The lowest BCUT2D eigenvalue weighted by Gasteiger charge is -2.00. The third kappa shape index (κ3) is 3.37. The third-order valence-corrected chi connectivity index (χ3v) is 4.81. The summed E-state index contributed by atoms with van der Waals surface area (Å²) in [5.74, 6) is -0.241. The number of thiophene rings is 1. The molecule has 0 aliphatic carbocycles. The van der Waals surface area contributed by atoms with Crippen LogP contribution in [0.3, 0.4) is 0 Å². The second kappa shape index (κ2) is 5.88. The number of carbonyl (C=O) groups is 1. The van der Waals surface area contributed by atoms with E-state index in [0.717, 1.165) is 21.1 Å². The first-order chi connectivity index (χ1) is 6.65. The van der Waals surface area contributed by atoms with Gasteiger partial charge in [0.15, 0.2) is 0 Å². The van der Waals surface area contributed by atoms with Gasteiger partial charge in [-0.2, -0.15) is 0 Å². The molecule has 0 bridgehead atoms. The van der Waals surface area contributed by atoms with Crippen molar-refractivity contribution in [2.45, 2.75) is 19.8 Å². The Kier molecular flexibility index (Phi) is 5.12. The van der Waals surface area contributed by atoms with Crippen LogP contribution in [-0.4, -0.2) is 12.6 Å². The van der Waals surface area contributed by atoms with Crippen molar-refractivity contribution in [3.63, 3.8) is 0 Å². The average Bonchev–Trinajstić information content (AvgIpc) is 2.47. The van der Waals surface area contributed by atoms with Crippen molar-refractivity contribution < 1.29 is 9.53 Å². The maximum absolute atomic E-state index is 11.4. The zero-order chi connectivity index (χ0) is 10.6. The maximum atomic E-state index is 11.4. The second-order valence-electron chi connectivity index (χ2n) is 2.72. The van der Waals surface area contributed by atoms with Crippen LogP contribution in [0, 0.1) is 0 Å². The Hall–Kier alpha value is 0.130. The molecule has 0 aliphatic heterocycles. The molecule has 0 radical (unpaired) electrons. The lowest BCUT2D eigenvalue weighted by atomic mass is 10.4. The van der Waals surface area contributed by atoms with E-state index in [9.17, 15) is 4.79 Å². The first-order valence-corrected chi connectivity index (χ1v) is 6.67. The second-order valence-corrected chi connectivity index (χ2v) is 5.95. The summed E-state index contributed by atoms with van der Waals surface area (Å²) in [4.78, 5) is 12.1. The molecule has 2 nitrogen and oxygen atoms in total. The van der Waals surface area contributed by atoms with Gasteiger partial charge in [0, 0.05) is 4.47 Å². The van der Waals surface area contributed by atoms with Crippen molar-refractivity contribution in [3.8, 4) is 0 Å². The Balaban J connectivity index is 2.52.